The first kappa shape index (κ1) is 38.8. The Labute approximate surface area is 315 Å². The molecule has 6 rings (SSSR count). The van der Waals surface area contributed by atoms with Gasteiger partial charge in [-0.3, -0.25) is 19.2 Å². The van der Waals surface area contributed by atoms with Crippen LogP contribution >= 0.6 is 0 Å². The summed E-state index contributed by atoms with van der Waals surface area (Å²) >= 11 is 0. The molecule has 3 aliphatic rings. The van der Waals surface area contributed by atoms with E-state index in [-0.39, 0.29) is 57.1 Å². The van der Waals surface area contributed by atoms with Gasteiger partial charge in [-0.05, 0) is 56.2 Å². The molecule has 288 valence electrons. The largest absolute Gasteiger partial charge is 0.455 e. The Morgan fingerprint density at radius 3 is 2.63 bits per heavy atom. The summed E-state index contributed by atoms with van der Waals surface area (Å²) in [5, 5.41) is 20.9. The van der Waals surface area contributed by atoms with Crippen molar-refractivity contribution in [2.24, 2.45) is 11.8 Å². The third kappa shape index (κ3) is 7.68. The first-order valence-electron chi connectivity index (χ1n) is 18.7. The van der Waals surface area contributed by atoms with Crippen molar-refractivity contribution in [3.8, 4) is 0 Å². The number of likely N-dealkylation sites (tertiary alicyclic amines) is 1. The number of aromatic nitrogens is 3. The number of methoxy groups -OCH3 is 1. The first-order valence-corrected chi connectivity index (χ1v) is 18.7. The van der Waals surface area contributed by atoms with E-state index in [0.29, 0.717) is 49.6 Å². The number of rotatable bonds is 20. The zero-order valence-corrected chi connectivity index (χ0v) is 30.8. The third-order valence-corrected chi connectivity index (χ3v) is 10.8. The second-order valence-corrected chi connectivity index (χ2v) is 14.2. The molecule has 1 aromatic heterocycles. The fourth-order valence-electron chi connectivity index (χ4n) is 8.37. The molecule has 54 heavy (non-hydrogen) atoms. The molecule has 7 atom stereocenters. The Bertz CT molecular complexity index is 1820. The quantitative estimate of drug-likeness (QED) is 0.0997. The van der Waals surface area contributed by atoms with Crippen molar-refractivity contribution >= 4 is 34.7 Å². The van der Waals surface area contributed by atoms with Crippen LogP contribution in [0.3, 0.4) is 0 Å². The summed E-state index contributed by atoms with van der Waals surface area (Å²) < 4.78 is 20.1. The molecule has 0 aliphatic carbocycles. The monoisotopic (exact) mass is 742 g/mol. The van der Waals surface area contributed by atoms with E-state index in [9.17, 15) is 24.3 Å². The van der Waals surface area contributed by atoms with E-state index in [2.05, 4.69) is 28.8 Å². The number of benzene rings is 2. The van der Waals surface area contributed by atoms with Gasteiger partial charge in [-0.2, -0.15) is 0 Å². The fourth-order valence-corrected chi connectivity index (χ4v) is 8.37. The number of ether oxygens (including phenoxy) is 3. The number of para-hydroxylation sites is 1. The molecule has 3 aliphatic heterocycles. The lowest BCUT2D eigenvalue weighted by atomic mass is 9.70. The maximum atomic E-state index is 14.9. The lowest BCUT2D eigenvalue weighted by Crippen LogP contribution is -2.56. The highest BCUT2D eigenvalue weighted by Crippen LogP contribution is 2.59. The summed E-state index contributed by atoms with van der Waals surface area (Å²) in [7, 11) is 1.50. The van der Waals surface area contributed by atoms with Crippen LogP contribution in [0.25, 0.3) is 11.0 Å². The van der Waals surface area contributed by atoms with Gasteiger partial charge in [0, 0.05) is 33.2 Å². The molecule has 4 heterocycles. The number of hydrogen-bond donors (Lipinski definition) is 2. The van der Waals surface area contributed by atoms with Crippen LogP contribution in [0.5, 0.6) is 0 Å². The molecule has 1 spiro atoms. The number of unbranched alkanes of at least 4 members (excludes halogenated alkanes) is 2. The summed E-state index contributed by atoms with van der Waals surface area (Å²) in [6, 6.07) is 14.8. The van der Waals surface area contributed by atoms with E-state index in [0.717, 1.165) is 5.52 Å². The Hall–Kier alpha value is -4.92. The van der Waals surface area contributed by atoms with Gasteiger partial charge in [0.05, 0.1) is 36.1 Å². The highest BCUT2D eigenvalue weighted by molar-refractivity contribution is 5.98. The Morgan fingerprint density at radius 2 is 1.89 bits per heavy atom. The molecular weight excluding hydrogens is 692 g/mol. The number of carbonyl (C=O) groups is 4. The third-order valence-electron chi connectivity index (χ3n) is 10.8. The number of nitrogens with one attached hydrogen (secondary N) is 1. The van der Waals surface area contributed by atoms with Crippen LogP contribution in [0.15, 0.2) is 79.9 Å². The predicted molar refractivity (Wildman–Crippen MR) is 198 cm³/mol. The maximum Gasteiger partial charge on any atom is 0.313 e. The lowest BCUT2D eigenvalue weighted by Gasteiger charge is -2.36. The summed E-state index contributed by atoms with van der Waals surface area (Å²) in [5.41, 5.74) is 0.806. The molecule has 3 saturated heterocycles. The second-order valence-electron chi connectivity index (χ2n) is 14.2. The van der Waals surface area contributed by atoms with Crippen LogP contribution in [0.2, 0.25) is 0 Å². The molecule has 0 unspecified atom stereocenters. The highest BCUT2D eigenvalue weighted by Gasteiger charge is 2.75. The number of carbonyl (C=O) groups excluding carboxylic acids is 4. The molecule has 14 heteroatoms. The first-order chi connectivity index (χ1) is 26.3. The minimum atomic E-state index is -1.27. The van der Waals surface area contributed by atoms with Gasteiger partial charge in [-0.1, -0.05) is 59.8 Å². The average molecular weight is 743 g/mol. The average Bonchev–Trinajstić information content (AvgIpc) is 3.94. The van der Waals surface area contributed by atoms with Gasteiger partial charge in [0.2, 0.25) is 17.7 Å². The summed E-state index contributed by atoms with van der Waals surface area (Å²) in [6.07, 6.45) is 4.98. The van der Waals surface area contributed by atoms with Gasteiger partial charge in [0.15, 0.2) is 0 Å². The van der Waals surface area contributed by atoms with E-state index >= 15 is 0 Å². The zero-order valence-electron chi connectivity index (χ0n) is 30.8. The molecule has 14 nitrogen and oxygen atoms in total. The number of aliphatic hydroxyl groups is 1. The molecule has 3 aromatic rings. The zero-order chi connectivity index (χ0) is 38.2. The van der Waals surface area contributed by atoms with Crippen LogP contribution in [-0.2, 0) is 40.1 Å². The van der Waals surface area contributed by atoms with Crippen molar-refractivity contribution in [3.05, 3.63) is 85.5 Å². The van der Waals surface area contributed by atoms with Crippen LogP contribution in [0, 0.1) is 11.8 Å². The van der Waals surface area contributed by atoms with Crippen molar-refractivity contribution in [2.75, 3.05) is 33.4 Å². The minimum Gasteiger partial charge on any atom is -0.455 e. The van der Waals surface area contributed by atoms with E-state index in [4.69, 9.17) is 14.2 Å². The standard InChI is InChI=1S/C40H50N6O8/c1-4-6-19-32(48)41-29(25-52-3)35(27-15-9-7-10-16-27)53-39(51)33-31-20-21-40(54-31)34(33)37(49)45(23-13-8-14-24-47)36(40)38(50)44(22-5-2)26-46-30-18-12-11-17-28(30)42-43-46/h4-5,7,9-12,15-18,29,31,33-36,47H,1-2,6,8,13-14,19-26H2,3H3,(H,41,48)/t29-,31+,33-,34-,35-,36+,40-/m1/s1. The van der Waals surface area contributed by atoms with Crippen molar-refractivity contribution in [1.29, 1.82) is 0 Å². The van der Waals surface area contributed by atoms with Crippen molar-refractivity contribution in [1.82, 2.24) is 30.1 Å². The normalized spacial score (nSPS) is 23.9. The van der Waals surface area contributed by atoms with E-state index in [1.807, 2.05) is 54.6 Å². The Balaban J connectivity index is 1.31. The van der Waals surface area contributed by atoms with Crippen molar-refractivity contribution in [3.63, 3.8) is 0 Å². The topological polar surface area (TPSA) is 165 Å². The van der Waals surface area contributed by atoms with Gasteiger partial charge in [-0.15, -0.1) is 18.3 Å². The van der Waals surface area contributed by atoms with Gasteiger partial charge in [0.25, 0.3) is 0 Å². The molecule has 2 bridgehead atoms. The molecular formula is C40H50N6O8. The SMILES string of the molecule is C=CCCC(=O)N[C@H](COC)[C@H](OC(=O)[C@@H]1[C@@H]2CC[C@]3(O2)[C@H](C(=O)N(CC=C)Cn2nnc4ccccc42)N(CCCCCO)C(=O)[C@@H]13)c1ccccc1. The van der Waals surface area contributed by atoms with Crippen LogP contribution in [0.4, 0.5) is 0 Å². The Kier molecular flexibility index (Phi) is 12.6. The predicted octanol–water partition coefficient (Wildman–Crippen LogP) is 3.32. The summed E-state index contributed by atoms with van der Waals surface area (Å²) in [6.45, 7) is 8.13. The van der Waals surface area contributed by atoms with E-state index in [1.165, 1.54) is 7.11 Å². The number of esters is 1. The fraction of sp³-hybridized carbons (Fsp3) is 0.500. The molecule has 0 saturated carbocycles. The number of aliphatic hydroxyl groups excluding tert-OH is 1. The van der Waals surface area contributed by atoms with Crippen LogP contribution in [-0.4, -0.2) is 111 Å². The van der Waals surface area contributed by atoms with Gasteiger partial charge in [-0.25, -0.2) is 4.68 Å². The smallest absolute Gasteiger partial charge is 0.313 e. The Morgan fingerprint density at radius 1 is 1.11 bits per heavy atom. The highest BCUT2D eigenvalue weighted by atomic mass is 16.6. The molecule has 2 aromatic carbocycles. The lowest BCUT2D eigenvalue weighted by molar-refractivity contribution is -0.163. The summed E-state index contributed by atoms with van der Waals surface area (Å²) in [5.74, 6) is -3.51. The number of allylic oxidation sites excluding steroid dienone is 1. The molecule has 0 radical (unpaired) electrons. The molecule has 2 N–H and O–H groups in total. The molecule has 3 fully saturated rings. The molecule has 3 amide bonds. The number of hydrogen-bond acceptors (Lipinski definition) is 10. The number of nitrogens with zero attached hydrogens (tertiary/aromatic N) is 5. The van der Waals surface area contributed by atoms with Crippen molar-refractivity contribution in [2.45, 2.75) is 81.5 Å². The van der Waals surface area contributed by atoms with Crippen LogP contribution < -0.4 is 5.32 Å². The van der Waals surface area contributed by atoms with Gasteiger partial charge >= 0.3 is 5.97 Å². The minimum absolute atomic E-state index is 0.0158. The van der Waals surface area contributed by atoms with Crippen LogP contribution in [0.1, 0.15) is 56.6 Å². The van der Waals surface area contributed by atoms with E-state index < -0.39 is 47.7 Å². The second kappa shape index (κ2) is 17.5. The van der Waals surface area contributed by atoms with E-state index in [1.54, 1.807) is 26.6 Å². The van der Waals surface area contributed by atoms with Gasteiger partial charge in [0.1, 0.15) is 29.9 Å². The summed E-state index contributed by atoms with van der Waals surface area (Å²) in [4.78, 5) is 60.1. The number of fused-ring (bicyclic) bond motifs is 2. The van der Waals surface area contributed by atoms with Crippen molar-refractivity contribution < 1.29 is 38.5 Å². The number of amides is 3. The maximum absolute atomic E-state index is 14.9. The van der Waals surface area contributed by atoms with Gasteiger partial charge < -0.3 is 34.4 Å².